The van der Waals surface area contributed by atoms with Crippen molar-refractivity contribution in [2.45, 2.75) is 33.2 Å². The Labute approximate surface area is 132 Å². The van der Waals surface area contributed by atoms with Gasteiger partial charge in [-0.25, -0.2) is 0 Å². The van der Waals surface area contributed by atoms with E-state index >= 15 is 0 Å². The topological polar surface area (TPSA) is 87.5 Å². The van der Waals surface area contributed by atoms with E-state index in [2.05, 4.69) is 32.5 Å². The van der Waals surface area contributed by atoms with Crippen LogP contribution in [0.4, 0.5) is 0 Å². The van der Waals surface area contributed by atoms with Gasteiger partial charge in [-0.15, -0.1) is 5.10 Å². The molecule has 22 heavy (non-hydrogen) atoms. The molecule has 0 N–H and O–H groups in total. The van der Waals surface area contributed by atoms with Crippen molar-refractivity contribution in [3.63, 3.8) is 0 Å². The number of halogens is 1. The average molecular weight is 322 g/mol. The standard InChI is InChI=1S/C13H16ClN7O/c1-4-5-6-21-11(14)10(8(2)17-21)13-15-12(18-22-13)9-7-20(3)19-16-9/h7H,4-6H2,1-3H3. The third-order valence-electron chi connectivity index (χ3n) is 3.26. The van der Waals surface area contributed by atoms with E-state index in [9.17, 15) is 0 Å². The third-order valence-corrected chi connectivity index (χ3v) is 3.64. The lowest BCUT2D eigenvalue weighted by molar-refractivity contribution is 0.432. The van der Waals surface area contributed by atoms with Crippen molar-refractivity contribution < 1.29 is 4.52 Å². The summed E-state index contributed by atoms with van der Waals surface area (Å²) in [6.45, 7) is 4.76. The molecule has 9 heteroatoms. The van der Waals surface area contributed by atoms with Gasteiger partial charge in [0.25, 0.3) is 5.89 Å². The molecule has 0 unspecified atom stereocenters. The van der Waals surface area contributed by atoms with Crippen molar-refractivity contribution in [1.29, 1.82) is 0 Å². The van der Waals surface area contributed by atoms with Gasteiger partial charge in [0.1, 0.15) is 5.15 Å². The number of rotatable bonds is 5. The van der Waals surface area contributed by atoms with Crippen LogP contribution in [-0.4, -0.2) is 34.9 Å². The molecule has 0 amide bonds. The molecule has 3 aromatic rings. The van der Waals surface area contributed by atoms with Gasteiger partial charge in [-0.05, 0) is 13.3 Å². The largest absolute Gasteiger partial charge is 0.333 e. The second-order valence-electron chi connectivity index (χ2n) is 5.03. The quantitative estimate of drug-likeness (QED) is 0.717. The molecule has 3 heterocycles. The van der Waals surface area contributed by atoms with Gasteiger partial charge in [0.05, 0.1) is 17.5 Å². The van der Waals surface area contributed by atoms with Crippen LogP contribution >= 0.6 is 11.6 Å². The Balaban J connectivity index is 1.95. The summed E-state index contributed by atoms with van der Waals surface area (Å²) in [5.74, 6) is 0.714. The number of hydrogen-bond donors (Lipinski definition) is 0. The first kappa shape index (κ1) is 14.7. The Morgan fingerprint density at radius 2 is 2.18 bits per heavy atom. The summed E-state index contributed by atoms with van der Waals surface area (Å²) < 4.78 is 8.66. The summed E-state index contributed by atoms with van der Waals surface area (Å²) in [6, 6.07) is 0. The van der Waals surface area contributed by atoms with Crippen LogP contribution in [0, 0.1) is 6.92 Å². The zero-order chi connectivity index (χ0) is 15.7. The lowest BCUT2D eigenvalue weighted by Crippen LogP contribution is -1.99. The molecular formula is C13H16ClN7O. The van der Waals surface area contributed by atoms with Gasteiger partial charge in [-0.2, -0.15) is 10.1 Å². The summed E-state index contributed by atoms with van der Waals surface area (Å²) in [4.78, 5) is 4.35. The molecule has 0 aliphatic heterocycles. The lowest BCUT2D eigenvalue weighted by Gasteiger charge is -2.00. The highest BCUT2D eigenvalue weighted by Crippen LogP contribution is 2.31. The molecule has 0 aromatic carbocycles. The number of hydrogen-bond acceptors (Lipinski definition) is 6. The van der Waals surface area contributed by atoms with Crippen molar-refractivity contribution >= 4 is 11.6 Å². The molecule has 0 atom stereocenters. The maximum absolute atomic E-state index is 6.40. The number of nitrogens with zero attached hydrogens (tertiary/aromatic N) is 7. The molecule has 0 bridgehead atoms. The summed E-state index contributed by atoms with van der Waals surface area (Å²) in [6.07, 6.45) is 3.80. The van der Waals surface area contributed by atoms with Crippen molar-refractivity contribution in [3.8, 4) is 23.0 Å². The second kappa shape index (κ2) is 5.88. The SMILES string of the molecule is CCCCn1nc(C)c(-c2nc(-c3cn(C)nn3)no2)c1Cl. The molecular weight excluding hydrogens is 306 g/mol. The summed E-state index contributed by atoms with van der Waals surface area (Å²) in [7, 11) is 1.77. The zero-order valence-electron chi connectivity index (χ0n) is 12.6. The van der Waals surface area contributed by atoms with Gasteiger partial charge in [0.2, 0.25) is 5.82 Å². The first-order valence-electron chi connectivity index (χ1n) is 7.03. The van der Waals surface area contributed by atoms with E-state index in [-0.39, 0.29) is 0 Å². The number of aryl methyl sites for hydroxylation is 3. The zero-order valence-corrected chi connectivity index (χ0v) is 13.4. The fourth-order valence-corrected chi connectivity index (χ4v) is 2.47. The Morgan fingerprint density at radius 1 is 1.36 bits per heavy atom. The van der Waals surface area contributed by atoms with Crippen LogP contribution in [0.1, 0.15) is 25.5 Å². The minimum Gasteiger partial charge on any atom is -0.333 e. The van der Waals surface area contributed by atoms with Crippen molar-refractivity contribution in [2.75, 3.05) is 0 Å². The highest BCUT2D eigenvalue weighted by Gasteiger charge is 2.21. The molecule has 0 saturated carbocycles. The van der Waals surface area contributed by atoms with Crippen LogP contribution < -0.4 is 0 Å². The fraction of sp³-hybridized carbons (Fsp3) is 0.462. The average Bonchev–Trinajstić information content (AvgIpc) is 3.17. The van der Waals surface area contributed by atoms with Crippen molar-refractivity contribution in [1.82, 2.24) is 34.9 Å². The minimum absolute atomic E-state index is 0.339. The van der Waals surface area contributed by atoms with Crippen molar-refractivity contribution in [2.24, 2.45) is 7.05 Å². The predicted molar refractivity (Wildman–Crippen MR) is 80.2 cm³/mol. The summed E-state index contributed by atoms with van der Waals surface area (Å²) in [5, 5.41) is 16.7. The first-order chi connectivity index (χ1) is 10.6. The van der Waals surface area contributed by atoms with Gasteiger partial charge in [0, 0.05) is 13.6 Å². The van der Waals surface area contributed by atoms with Crippen LogP contribution in [0.2, 0.25) is 5.15 Å². The summed E-state index contributed by atoms with van der Waals surface area (Å²) in [5.41, 5.74) is 1.97. The van der Waals surface area contributed by atoms with Gasteiger partial charge < -0.3 is 4.52 Å². The molecule has 0 saturated heterocycles. The predicted octanol–water partition coefficient (Wildman–Crippen LogP) is 2.49. The molecule has 0 fully saturated rings. The Kier molecular flexibility index (Phi) is 3.93. The van der Waals surface area contributed by atoms with Gasteiger partial charge in [0.15, 0.2) is 5.69 Å². The van der Waals surface area contributed by atoms with E-state index in [0.29, 0.717) is 28.1 Å². The normalized spacial score (nSPS) is 11.3. The highest BCUT2D eigenvalue weighted by molar-refractivity contribution is 6.32. The second-order valence-corrected chi connectivity index (χ2v) is 5.39. The van der Waals surface area contributed by atoms with Crippen LogP contribution in [0.3, 0.4) is 0 Å². The van der Waals surface area contributed by atoms with E-state index < -0.39 is 0 Å². The molecule has 116 valence electrons. The fourth-order valence-electron chi connectivity index (χ4n) is 2.13. The monoisotopic (exact) mass is 321 g/mol. The molecule has 0 spiro atoms. The minimum atomic E-state index is 0.339. The Morgan fingerprint density at radius 3 is 2.86 bits per heavy atom. The van der Waals surface area contributed by atoms with E-state index in [1.165, 1.54) is 0 Å². The van der Waals surface area contributed by atoms with Crippen LogP contribution in [0.5, 0.6) is 0 Å². The molecule has 8 nitrogen and oxygen atoms in total. The van der Waals surface area contributed by atoms with Gasteiger partial charge in [-0.1, -0.05) is 35.3 Å². The molecule has 3 rings (SSSR count). The Bertz CT molecular complexity index is 788. The van der Waals surface area contributed by atoms with Gasteiger partial charge >= 0.3 is 0 Å². The van der Waals surface area contributed by atoms with E-state index in [4.69, 9.17) is 16.1 Å². The van der Waals surface area contributed by atoms with E-state index in [0.717, 1.165) is 25.1 Å². The number of aromatic nitrogens is 7. The Hall–Kier alpha value is -2.22. The lowest BCUT2D eigenvalue weighted by atomic mass is 10.2. The molecule has 3 aromatic heterocycles. The van der Waals surface area contributed by atoms with Crippen LogP contribution in [0.25, 0.3) is 23.0 Å². The van der Waals surface area contributed by atoms with E-state index in [1.807, 2.05) is 6.92 Å². The maximum atomic E-state index is 6.40. The van der Waals surface area contributed by atoms with E-state index in [1.54, 1.807) is 22.6 Å². The first-order valence-corrected chi connectivity index (χ1v) is 7.41. The maximum Gasteiger partial charge on any atom is 0.263 e. The third kappa shape index (κ3) is 2.61. The number of unbranched alkanes of at least 4 members (excludes halogenated alkanes) is 1. The highest BCUT2D eigenvalue weighted by atomic mass is 35.5. The molecule has 0 radical (unpaired) electrons. The van der Waals surface area contributed by atoms with Crippen LogP contribution in [-0.2, 0) is 13.6 Å². The smallest absolute Gasteiger partial charge is 0.263 e. The summed E-state index contributed by atoms with van der Waals surface area (Å²) >= 11 is 6.40. The van der Waals surface area contributed by atoms with Gasteiger partial charge in [-0.3, -0.25) is 9.36 Å². The molecule has 0 aliphatic rings. The van der Waals surface area contributed by atoms with Crippen LogP contribution in [0.15, 0.2) is 10.7 Å². The van der Waals surface area contributed by atoms with Crippen molar-refractivity contribution in [3.05, 3.63) is 17.0 Å². The molecule has 0 aliphatic carbocycles.